The summed E-state index contributed by atoms with van der Waals surface area (Å²) in [4.78, 5) is 49.7. The summed E-state index contributed by atoms with van der Waals surface area (Å²) in [7, 11) is 1.34. The molecule has 2 N–H and O–H groups in total. The second-order valence-electron chi connectivity index (χ2n) is 8.03. The van der Waals surface area contributed by atoms with Crippen LogP contribution in [0.5, 0.6) is 0 Å². The Bertz CT molecular complexity index is 1320. The van der Waals surface area contributed by atoms with Crippen molar-refractivity contribution in [3.05, 3.63) is 80.2 Å². The molecule has 0 atom stereocenters. The number of benzene rings is 2. The fourth-order valence-electron chi connectivity index (χ4n) is 3.88. The van der Waals surface area contributed by atoms with Crippen molar-refractivity contribution in [2.75, 3.05) is 23.5 Å². The zero-order chi connectivity index (χ0) is 25.7. The maximum Gasteiger partial charge on any atom is 0.341 e. The zero-order valence-electron chi connectivity index (χ0n) is 19.4. The van der Waals surface area contributed by atoms with Gasteiger partial charge in [0.1, 0.15) is 5.00 Å². The molecule has 1 aliphatic rings. The predicted molar refractivity (Wildman–Crippen MR) is 139 cm³/mol. The molecule has 9 nitrogen and oxygen atoms in total. The number of thioether (sulfide) groups is 1. The molecule has 2 amide bonds. The van der Waals surface area contributed by atoms with E-state index in [1.807, 2.05) is 6.07 Å². The molecule has 11 heteroatoms. The van der Waals surface area contributed by atoms with Gasteiger partial charge in [0.05, 0.1) is 23.3 Å². The number of ether oxygens (including phenoxy) is 1. The molecule has 1 heterocycles. The molecule has 1 aliphatic carbocycles. The third-order valence-corrected chi connectivity index (χ3v) is 7.82. The van der Waals surface area contributed by atoms with Gasteiger partial charge in [0, 0.05) is 33.2 Å². The highest BCUT2D eigenvalue weighted by Gasteiger charge is 2.26. The van der Waals surface area contributed by atoms with Crippen LogP contribution >= 0.6 is 23.1 Å². The minimum absolute atomic E-state index is 0.0929. The Morgan fingerprint density at radius 1 is 1.08 bits per heavy atom. The highest BCUT2D eigenvalue weighted by molar-refractivity contribution is 8.00. The molecule has 2 aromatic carbocycles. The van der Waals surface area contributed by atoms with Gasteiger partial charge in [-0.25, -0.2) is 4.79 Å². The van der Waals surface area contributed by atoms with Gasteiger partial charge in [0.25, 0.3) is 11.6 Å². The molecule has 1 aromatic heterocycles. The lowest BCUT2D eigenvalue weighted by molar-refractivity contribution is -0.384. The number of nitro groups is 1. The lowest BCUT2D eigenvalue weighted by Gasteiger charge is -2.11. The summed E-state index contributed by atoms with van der Waals surface area (Å²) in [6.45, 7) is 0. The third kappa shape index (κ3) is 5.92. The first-order chi connectivity index (χ1) is 17.4. The Morgan fingerprint density at radius 3 is 2.56 bits per heavy atom. The number of nitro benzene ring substituents is 1. The summed E-state index contributed by atoms with van der Waals surface area (Å²) in [5.74, 6) is -0.970. The summed E-state index contributed by atoms with van der Waals surface area (Å²) < 4.78 is 4.95. The number of esters is 1. The number of methoxy groups -OCH3 is 1. The molecule has 0 spiro atoms. The molecule has 36 heavy (non-hydrogen) atoms. The summed E-state index contributed by atoms with van der Waals surface area (Å²) in [5, 5.41) is 16.9. The van der Waals surface area contributed by atoms with Crippen LogP contribution in [0.4, 0.5) is 16.4 Å². The molecule has 0 saturated carbocycles. The number of aryl methyl sites for hydroxylation is 1. The maximum absolute atomic E-state index is 12.7. The Labute approximate surface area is 215 Å². The van der Waals surface area contributed by atoms with E-state index in [9.17, 15) is 24.5 Å². The van der Waals surface area contributed by atoms with E-state index >= 15 is 0 Å². The fourth-order valence-corrected chi connectivity index (χ4v) is 5.93. The van der Waals surface area contributed by atoms with Gasteiger partial charge in [-0.15, -0.1) is 23.1 Å². The second kappa shape index (κ2) is 11.4. The fraction of sp³-hybridized carbons (Fsp3) is 0.240. The molecule has 0 bridgehead atoms. The number of amides is 2. The Kier molecular flexibility index (Phi) is 8.01. The normalized spacial score (nSPS) is 12.4. The van der Waals surface area contributed by atoms with Crippen LogP contribution < -0.4 is 10.6 Å². The number of carbonyl (C=O) groups excluding carboxylic acids is 3. The average Bonchev–Trinajstić information content (AvgIpc) is 3.25. The van der Waals surface area contributed by atoms with E-state index in [4.69, 9.17) is 4.74 Å². The minimum atomic E-state index is -0.526. The van der Waals surface area contributed by atoms with Crippen molar-refractivity contribution < 1.29 is 24.0 Å². The maximum atomic E-state index is 12.7. The van der Waals surface area contributed by atoms with Gasteiger partial charge in [-0.3, -0.25) is 19.7 Å². The number of rotatable bonds is 8. The van der Waals surface area contributed by atoms with Gasteiger partial charge < -0.3 is 15.4 Å². The van der Waals surface area contributed by atoms with Crippen LogP contribution in [-0.2, 0) is 22.4 Å². The third-order valence-electron chi connectivity index (χ3n) is 5.62. The lowest BCUT2D eigenvalue weighted by atomic mass is 9.95. The Hall–Kier alpha value is -3.70. The van der Waals surface area contributed by atoms with Crippen molar-refractivity contribution in [2.45, 2.75) is 30.6 Å². The Morgan fingerprint density at radius 2 is 1.83 bits per heavy atom. The monoisotopic (exact) mass is 525 g/mol. The van der Waals surface area contributed by atoms with E-state index < -0.39 is 16.8 Å². The molecule has 0 aliphatic heterocycles. The van der Waals surface area contributed by atoms with E-state index in [1.165, 1.54) is 54.5 Å². The summed E-state index contributed by atoms with van der Waals surface area (Å²) >= 11 is 2.73. The first-order valence-corrected chi connectivity index (χ1v) is 13.0. The highest BCUT2D eigenvalue weighted by Crippen LogP contribution is 2.38. The summed E-state index contributed by atoms with van der Waals surface area (Å²) in [6, 6.07) is 12.4. The van der Waals surface area contributed by atoms with Crippen molar-refractivity contribution in [3.8, 4) is 0 Å². The minimum Gasteiger partial charge on any atom is -0.465 e. The Balaban J connectivity index is 1.37. The SMILES string of the molecule is COC(=O)c1c(NC(=O)CSc2cccc(NC(=O)c3ccc([N+](=O)[O-])cc3)c2)sc2c1CCCC2. The van der Waals surface area contributed by atoms with Crippen molar-refractivity contribution in [2.24, 2.45) is 0 Å². The molecule has 0 fully saturated rings. The quantitative estimate of drug-likeness (QED) is 0.177. The lowest BCUT2D eigenvalue weighted by Crippen LogP contribution is -2.16. The number of hydrogen-bond donors (Lipinski definition) is 2. The van der Waals surface area contributed by atoms with Gasteiger partial charge in [-0.05, 0) is 61.6 Å². The second-order valence-corrected chi connectivity index (χ2v) is 10.2. The van der Waals surface area contributed by atoms with Crippen LogP contribution in [0.15, 0.2) is 53.4 Å². The van der Waals surface area contributed by atoms with Crippen LogP contribution in [0, 0.1) is 10.1 Å². The van der Waals surface area contributed by atoms with Crippen LogP contribution in [0.25, 0.3) is 0 Å². The van der Waals surface area contributed by atoms with E-state index in [2.05, 4.69) is 10.6 Å². The van der Waals surface area contributed by atoms with Crippen molar-refractivity contribution in [1.29, 1.82) is 0 Å². The number of hydrogen-bond acceptors (Lipinski definition) is 8. The molecule has 0 saturated heterocycles. The molecular weight excluding hydrogens is 502 g/mol. The smallest absolute Gasteiger partial charge is 0.341 e. The molecule has 0 radical (unpaired) electrons. The standard InChI is InChI=1S/C25H23N3O6S2/c1-34-25(31)22-19-7-2-3-8-20(19)36-24(22)27-21(29)14-35-18-6-4-5-16(13-18)26-23(30)15-9-11-17(12-10-15)28(32)33/h4-6,9-13H,2-3,7-8,14H2,1H3,(H,26,30)(H,27,29). The van der Waals surface area contributed by atoms with Gasteiger partial charge in [0.15, 0.2) is 0 Å². The topological polar surface area (TPSA) is 128 Å². The number of anilines is 2. The predicted octanol–water partition coefficient (Wildman–Crippen LogP) is 5.30. The summed E-state index contributed by atoms with van der Waals surface area (Å²) in [5.41, 5.74) is 2.18. The molecule has 186 valence electrons. The number of nitrogens with zero attached hydrogens (tertiary/aromatic N) is 1. The van der Waals surface area contributed by atoms with Gasteiger partial charge in [-0.1, -0.05) is 6.07 Å². The number of fused-ring (bicyclic) bond motifs is 1. The number of thiophene rings is 1. The van der Waals surface area contributed by atoms with Crippen LogP contribution in [0.1, 0.15) is 44.0 Å². The zero-order valence-corrected chi connectivity index (χ0v) is 21.0. The van der Waals surface area contributed by atoms with Gasteiger partial charge in [-0.2, -0.15) is 0 Å². The first kappa shape index (κ1) is 25.4. The molecule has 4 rings (SSSR count). The number of nitrogens with one attached hydrogen (secondary N) is 2. The van der Waals surface area contributed by atoms with Gasteiger partial charge in [0.2, 0.25) is 5.91 Å². The van der Waals surface area contributed by atoms with E-state index in [-0.39, 0.29) is 22.9 Å². The number of non-ortho nitro benzene ring substituents is 1. The van der Waals surface area contributed by atoms with E-state index in [0.29, 0.717) is 16.3 Å². The molecule has 3 aromatic rings. The van der Waals surface area contributed by atoms with Crippen LogP contribution in [-0.4, -0.2) is 35.6 Å². The number of carbonyl (C=O) groups is 3. The average molecular weight is 526 g/mol. The van der Waals surface area contributed by atoms with Crippen LogP contribution in [0.2, 0.25) is 0 Å². The van der Waals surface area contributed by atoms with Crippen molar-refractivity contribution in [3.63, 3.8) is 0 Å². The van der Waals surface area contributed by atoms with Crippen molar-refractivity contribution >= 4 is 57.3 Å². The van der Waals surface area contributed by atoms with Crippen LogP contribution in [0.3, 0.4) is 0 Å². The van der Waals surface area contributed by atoms with Crippen molar-refractivity contribution in [1.82, 2.24) is 0 Å². The highest BCUT2D eigenvalue weighted by atomic mass is 32.2. The van der Waals surface area contributed by atoms with E-state index in [0.717, 1.165) is 41.0 Å². The largest absolute Gasteiger partial charge is 0.465 e. The first-order valence-electron chi connectivity index (χ1n) is 11.2. The molecular formula is C25H23N3O6S2. The molecule has 0 unspecified atom stereocenters. The van der Waals surface area contributed by atoms with E-state index in [1.54, 1.807) is 18.2 Å². The summed E-state index contributed by atoms with van der Waals surface area (Å²) in [6.07, 6.45) is 3.77. The van der Waals surface area contributed by atoms with Gasteiger partial charge >= 0.3 is 5.97 Å².